The second kappa shape index (κ2) is 9.28. The number of alkyl carbamates (subject to hydrolysis) is 1. The Morgan fingerprint density at radius 3 is 2.58 bits per heavy atom. The van der Waals surface area contributed by atoms with Crippen molar-refractivity contribution in [3.8, 4) is 0 Å². The van der Waals surface area contributed by atoms with Crippen LogP contribution in [0.2, 0.25) is 0 Å². The van der Waals surface area contributed by atoms with Crippen LogP contribution < -0.4 is 5.32 Å². The molecule has 2 atom stereocenters. The highest BCUT2D eigenvalue weighted by Crippen LogP contribution is 2.46. The van der Waals surface area contributed by atoms with E-state index in [1.54, 1.807) is 20.8 Å². The van der Waals surface area contributed by atoms with Crippen molar-refractivity contribution in [2.75, 3.05) is 13.1 Å². The van der Waals surface area contributed by atoms with Crippen LogP contribution >= 0.6 is 0 Å². The van der Waals surface area contributed by atoms with E-state index in [4.69, 9.17) is 4.74 Å². The summed E-state index contributed by atoms with van der Waals surface area (Å²) in [7, 11) is 0. The fraction of sp³-hybridized carbons (Fsp3) is 0.448. The third kappa shape index (κ3) is 4.60. The smallest absolute Gasteiger partial charge is 0.408 e. The summed E-state index contributed by atoms with van der Waals surface area (Å²) in [5.41, 5.74) is 3.40. The minimum atomic E-state index is -0.756. The Bertz CT molecular complexity index is 1270. The Morgan fingerprint density at radius 1 is 1.14 bits per heavy atom. The highest BCUT2D eigenvalue weighted by atomic mass is 16.6. The van der Waals surface area contributed by atoms with Crippen molar-refractivity contribution in [3.05, 3.63) is 71.4 Å². The zero-order chi connectivity index (χ0) is 25.5. The standard InChI is InChI=1S/C29H35N3O4/c1-28(2,3)36-27(35)31-24(16-20-18-30-23-11-7-5-9-21(20)23)26(34)32-14-12-29(13-15-32)22-10-6-4-8-19(22)17-25(29)33/h4-11,18,24-25,30,33H,12-17H2,1-3H3,(H,31,35). The molecule has 5 rings (SSSR count). The van der Waals surface area contributed by atoms with Crippen LogP contribution in [-0.2, 0) is 27.8 Å². The Morgan fingerprint density at radius 2 is 1.83 bits per heavy atom. The zero-order valence-electron chi connectivity index (χ0n) is 21.2. The lowest BCUT2D eigenvalue weighted by molar-refractivity contribution is -0.135. The van der Waals surface area contributed by atoms with Crippen molar-refractivity contribution in [3.63, 3.8) is 0 Å². The van der Waals surface area contributed by atoms with Crippen molar-refractivity contribution >= 4 is 22.9 Å². The molecule has 190 valence electrons. The molecule has 3 aromatic rings. The summed E-state index contributed by atoms with van der Waals surface area (Å²) >= 11 is 0. The number of aromatic nitrogens is 1. The molecule has 2 heterocycles. The fourth-order valence-corrected chi connectivity index (χ4v) is 5.89. The highest BCUT2D eigenvalue weighted by molar-refractivity contribution is 5.88. The Kier molecular flexibility index (Phi) is 6.29. The van der Waals surface area contributed by atoms with E-state index in [2.05, 4.69) is 22.4 Å². The first-order valence-electron chi connectivity index (χ1n) is 12.8. The molecule has 2 aliphatic rings. The first kappa shape index (κ1) is 24.4. The van der Waals surface area contributed by atoms with Crippen molar-refractivity contribution < 1.29 is 19.4 Å². The number of fused-ring (bicyclic) bond motifs is 3. The molecular weight excluding hydrogens is 454 g/mol. The van der Waals surface area contributed by atoms with Gasteiger partial charge in [0.25, 0.3) is 0 Å². The average molecular weight is 490 g/mol. The molecule has 2 aromatic carbocycles. The average Bonchev–Trinajstić information content (AvgIpc) is 3.36. The van der Waals surface area contributed by atoms with Gasteiger partial charge in [-0.1, -0.05) is 42.5 Å². The van der Waals surface area contributed by atoms with E-state index in [1.807, 2.05) is 47.5 Å². The van der Waals surface area contributed by atoms with E-state index in [1.165, 1.54) is 11.1 Å². The molecule has 0 saturated carbocycles. The van der Waals surface area contributed by atoms with Gasteiger partial charge in [0.1, 0.15) is 11.6 Å². The second-order valence-corrected chi connectivity index (χ2v) is 11.1. The zero-order valence-corrected chi connectivity index (χ0v) is 21.2. The fourth-order valence-electron chi connectivity index (χ4n) is 5.89. The maximum atomic E-state index is 13.8. The molecule has 1 saturated heterocycles. The van der Waals surface area contributed by atoms with Crippen molar-refractivity contribution in [1.29, 1.82) is 0 Å². The number of carbonyl (C=O) groups excluding carboxylic acids is 2. The topological polar surface area (TPSA) is 94.7 Å². The largest absolute Gasteiger partial charge is 0.444 e. The van der Waals surface area contributed by atoms with Crippen LogP contribution in [0.3, 0.4) is 0 Å². The van der Waals surface area contributed by atoms with Gasteiger partial charge >= 0.3 is 6.09 Å². The van der Waals surface area contributed by atoms with Gasteiger partial charge in [0.05, 0.1) is 6.10 Å². The Labute approximate surface area is 211 Å². The van der Waals surface area contributed by atoms with Crippen LogP contribution in [0.15, 0.2) is 54.7 Å². The monoisotopic (exact) mass is 489 g/mol. The number of H-pyrrole nitrogens is 1. The van der Waals surface area contributed by atoms with E-state index in [0.717, 1.165) is 16.5 Å². The van der Waals surface area contributed by atoms with Gasteiger partial charge in [-0.05, 0) is 62.8 Å². The molecule has 1 aromatic heterocycles. The number of aliphatic hydroxyl groups is 1. The molecule has 7 nitrogen and oxygen atoms in total. The van der Waals surface area contributed by atoms with Gasteiger partial charge in [0, 0.05) is 42.0 Å². The number of benzene rings is 2. The van der Waals surface area contributed by atoms with E-state index < -0.39 is 23.8 Å². The molecule has 7 heteroatoms. The number of likely N-dealkylation sites (tertiary alicyclic amines) is 1. The molecule has 1 fully saturated rings. The van der Waals surface area contributed by atoms with Gasteiger partial charge in [-0.3, -0.25) is 4.79 Å². The number of para-hydroxylation sites is 1. The van der Waals surface area contributed by atoms with Crippen molar-refractivity contribution in [2.24, 2.45) is 0 Å². The van der Waals surface area contributed by atoms with Gasteiger partial charge in [-0.15, -0.1) is 0 Å². The minimum absolute atomic E-state index is 0.123. The molecule has 0 radical (unpaired) electrons. The van der Waals surface area contributed by atoms with Gasteiger partial charge in [0.15, 0.2) is 0 Å². The Hall–Kier alpha value is -3.32. The number of carbonyl (C=O) groups is 2. The maximum Gasteiger partial charge on any atom is 0.408 e. The number of amides is 2. The summed E-state index contributed by atoms with van der Waals surface area (Å²) in [6, 6.07) is 15.4. The van der Waals surface area contributed by atoms with Crippen LogP contribution in [0.25, 0.3) is 10.9 Å². The normalized spacial score (nSPS) is 19.8. The van der Waals surface area contributed by atoms with E-state index in [9.17, 15) is 14.7 Å². The SMILES string of the molecule is CC(C)(C)OC(=O)NC(Cc1c[nH]c2ccccc12)C(=O)N1CCC2(CC1)c1ccccc1CC2O. The number of nitrogens with one attached hydrogen (secondary N) is 2. The number of piperidine rings is 1. The predicted octanol–water partition coefficient (Wildman–Crippen LogP) is 4.08. The number of ether oxygens (including phenoxy) is 1. The van der Waals surface area contributed by atoms with E-state index in [0.29, 0.717) is 38.8 Å². The van der Waals surface area contributed by atoms with Gasteiger partial charge in [0.2, 0.25) is 5.91 Å². The van der Waals surface area contributed by atoms with Crippen molar-refractivity contribution in [1.82, 2.24) is 15.2 Å². The second-order valence-electron chi connectivity index (χ2n) is 11.1. The summed E-state index contributed by atoms with van der Waals surface area (Å²) in [5, 5.41) is 14.9. The molecule has 1 spiro atoms. The maximum absolute atomic E-state index is 13.8. The van der Waals surface area contributed by atoms with E-state index in [-0.39, 0.29) is 11.3 Å². The third-order valence-corrected chi connectivity index (χ3v) is 7.66. The number of nitrogens with zero attached hydrogens (tertiary/aromatic N) is 1. The third-order valence-electron chi connectivity index (χ3n) is 7.66. The lowest BCUT2D eigenvalue weighted by Gasteiger charge is -2.43. The lowest BCUT2D eigenvalue weighted by atomic mass is 9.72. The van der Waals surface area contributed by atoms with Gasteiger partial charge < -0.3 is 25.0 Å². The van der Waals surface area contributed by atoms with Crippen LogP contribution in [0, 0.1) is 0 Å². The highest BCUT2D eigenvalue weighted by Gasteiger charge is 2.48. The van der Waals surface area contributed by atoms with Crippen molar-refractivity contribution in [2.45, 2.75) is 69.6 Å². The van der Waals surface area contributed by atoms with Crippen LogP contribution in [0.4, 0.5) is 4.79 Å². The number of hydrogen-bond acceptors (Lipinski definition) is 4. The number of aromatic amines is 1. The van der Waals surface area contributed by atoms with Gasteiger partial charge in [-0.25, -0.2) is 4.79 Å². The molecule has 36 heavy (non-hydrogen) atoms. The summed E-state index contributed by atoms with van der Waals surface area (Å²) < 4.78 is 5.48. The Balaban J connectivity index is 1.35. The summed E-state index contributed by atoms with van der Waals surface area (Å²) in [4.78, 5) is 31.5. The molecule has 1 aliphatic carbocycles. The number of rotatable bonds is 4. The molecule has 0 bridgehead atoms. The summed E-state index contributed by atoms with van der Waals surface area (Å²) in [6.07, 6.45) is 3.27. The molecular formula is C29H35N3O4. The summed E-state index contributed by atoms with van der Waals surface area (Å²) in [6.45, 7) is 6.48. The van der Waals surface area contributed by atoms with Gasteiger partial charge in [-0.2, -0.15) is 0 Å². The number of aliphatic hydroxyl groups excluding tert-OH is 1. The van der Waals surface area contributed by atoms with Crippen LogP contribution in [-0.4, -0.2) is 57.8 Å². The van der Waals surface area contributed by atoms with E-state index >= 15 is 0 Å². The first-order chi connectivity index (χ1) is 17.2. The minimum Gasteiger partial charge on any atom is -0.444 e. The molecule has 1 aliphatic heterocycles. The first-order valence-corrected chi connectivity index (χ1v) is 12.8. The molecule has 3 N–H and O–H groups in total. The predicted molar refractivity (Wildman–Crippen MR) is 139 cm³/mol. The van der Waals surface area contributed by atoms with Crippen LogP contribution in [0.1, 0.15) is 50.3 Å². The summed E-state index contributed by atoms with van der Waals surface area (Å²) in [5.74, 6) is -0.123. The van der Waals surface area contributed by atoms with Crippen LogP contribution in [0.5, 0.6) is 0 Å². The lowest BCUT2D eigenvalue weighted by Crippen LogP contribution is -2.55. The number of hydrogen-bond donors (Lipinski definition) is 3. The molecule has 2 amide bonds. The molecule has 2 unspecified atom stereocenters. The quantitative estimate of drug-likeness (QED) is 0.515.